The van der Waals surface area contributed by atoms with E-state index < -0.39 is 0 Å². The highest BCUT2D eigenvalue weighted by molar-refractivity contribution is 5.81. The van der Waals surface area contributed by atoms with Gasteiger partial charge >= 0.3 is 0 Å². The lowest BCUT2D eigenvalue weighted by Crippen LogP contribution is -2.46. The number of carbonyl (C=O) groups is 1. The Bertz CT molecular complexity index is 258. The van der Waals surface area contributed by atoms with Gasteiger partial charge in [-0.15, -0.1) is 0 Å². The lowest BCUT2D eigenvalue weighted by Gasteiger charge is -2.33. The highest BCUT2D eigenvalue weighted by atomic mass is 16.3. The number of rotatable bonds is 5. The van der Waals surface area contributed by atoms with E-state index in [2.05, 4.69) is 10.2 Å². The number of amides is 1. The number of hydrogen-bond acceptors (Lipinski definition) is 3. The van der Waals surface area contributed by atoms with Gasteiger partial charge in [0.1, 0.15) is 0 Å². The average Bonchev–Trinajstić information content (AvgIpc) is 3.15. The minimum atomic E-state index is -0.201. The number of piperidine rings is 1. The molecular formula is C13H24N2O2. The standard InChI is InChI=1S/C13H24N2O2/c1-2-12(16)9-15-7-5-11(6-8-15)14-13(17)10-3-4-10/h10-12,16H,2-9H2,1H3,(H,14,17). The maximum atomic E-state index is 11.6. The molecule has 17 heavy (non-hydrogen) atoms. The van der Waals surface area contributed by atoms with E-state index in [1.807, 2.05) is 6.92 Å². The molecule has 1 amide bonds. The zero-order valence-corrected chi connectivity index (χ0v) is 10.7. The van der Waals surface area contributed by atoms with Gasteiger partial charge in [-0.2, -0.15) is 0 Å². The number of likely N-dealkylation sites (tertiary alicyclic amines) is 1. The second kappa shape index (κ2) is 5.83. The summed E-state index contributed by atoms with van der Waals surface area (Å²) in [4.78, 5) is 13.9. The lowest BCUT2D eigenvalue weighted by molar-refractivity contribution is -0.123. The highest BCUT2D eigenvalue weighted by Gasteiger charge is 2.31. The van der Waals surface area contributed by atoms with Gasteiger partial charge in [0.25, 0.3) is 0 Å². The molecule has 1 atom stereocenters. The minimum absolute atomic E-state index is 0.201. The predicted octanol–water partition coefficient (Wildman–Crippen LogP) is 0.748. The van der Waals surface area contributed by atoms with Gasteiger partial charge in [0.2, 0.25) is 5.91 Å². The third kappa shape index (κ3) is 3.96. The van der Waals surface area contributed by atoms with Gasteiger partial charge < -0.3 is 15.3 Å². The van der Waals surface area contributed by atoms with E-state index in [1.165, 1.54) is 0 Å². The molecule has 0 bridgehead atoms. The molecule has 0 aromatic heterocycles. The normalized spacial score (nSPS) is 24.6. The summed E-state index contributed by atoms with van der Waals surface area (Å²) in [6.07, 6.45) is 4.82. The SMILES string of the molecule is CCC(O)CN1CCC(NC(=O)C2CC2)CC1. The fourth-order valence-corrected chi connectivity index (χ4v) is 2.35. The zero-order chi connectivity index (χ0) is 12.3. The van der Waals surface area contributed by atoms with Crippen molar-refractivity contribution in [3.8, 4) is 0 Å². The van der Waals surface area contributed by atoms with Crippen LogP contribution in [0.2, 0.25) is 0 Å². The van der Waals surface area contributed by atoms with Crippen molar-refractivity contribution in [3.63, 3.8) is 0 Å². The molecule has 0 radical (unpaired) electrons. The summed E-state index contributed by atoms with van der Waals surface area (Å²) in [6.45, 7) is 4.77. The van der Waals surface area contributed by atoms with Crippen molar-refractivity contribution >= 4 is 5.91 Å². The first-order chi connectivity index (χ1) is 8.19. The van der Waals surface area contributed by atoms with Gasteiger partial charge in [-0.1, -0.05) is 6.92 Å². The quantitative estimate of drug-likeness (QED) is 0.745. The molecule has 0 aromatic rings. The Morgan fingerprint density at radius 1 is 1.35 bits per heavy atom. The van der Waals surface area contributed by atoms with Crippen LogP contribution in [0, 0.1) is 5.92 Å². The van der Waals surface area contributed by atoms with Gasteiger partial charge in [-0.25, -0.2) is 0 Å². The molecule has 1 aliphatic carbocycles. The zero-order valence-electron chi connectivity index (χ0n) is 10.7. The molecule has 2 fully saturated rings. The smallest absolute Gasteiger partial charge is 0.223 e. The van der Waals surface area contributed by atoms with E-state index >= 15 is 0 Å². The molecular weight excluding hydrogens is 216 g/mol. The number of hydrogen-bond donors (Lipinski definition) is 2. The first-order valence-electron chi connectivity index (χ1n) is 6.89. The highest BCUT2D eigenvalue weighted by Crippen LogP contribution is 2.29. The van der Waals surface area contributed by atoms with Gasteiger partial charge in [0.15, 0.2) is 0 Å². The van der Waals surface area contributed by atoms with Crippen LogP contribution >= 0.6 is 0 Å². The van der Waals surface area contributed by atoms with Crippen molar-refractivity contribution in [1.82, 2.24) is 10.2 Å². The van der Waals surface area contributed by atoms with E-state index in [0.717, 1.165) is 51.7 Å². The van der Waals surface area contributed by atoms with Gasteiger partial charge in [0.05, 0.1) is 6.10 Å². The molecule has 1 saturated carbocycles. The first kappa shape index (κ1) is 12.8. The molecule has 4 heteroatoms. The fraction of sp³-hybridized carbons (Fsp3) is 0.923. The molecule has 0 aromatic carbocycles. The van der Waals surface area contributed by atoms with Crippen LogP contribution in [-0.2, 0) is 4.79 Å². The monoisotopic (exact) mass is 240 g/mol. The summed E-state index contributed by atoms with van der Waals surface area (Å²) in [7, 11) is 0. The largest absolute Gasteiger partial charge is 0.392 e. The lowest BCUT2D eigenvalue weighted by atomic mass is 10.0. The van der Waals surface area contributed by atoms with Crippen molar-refractivity contribution in [2.75, 3.05) is 19.6 Å². The minimum Gasteiger partial charge on any atom is -0.392 e. The number of β-amino-alcohol motifs (C(OH)–C–C–N with tert-alkyl or cyclic N) is 1. The molecule has 98 valence electrons. The van der Waals surface area contributed by atoms with E-state index in [-0.39, 0.29) is 12.0 Å². The van der Waals surface area contributed by atoms with Gasteiger partial charge in [0, 0.05) is 31.6 Å². The summed E-state index contributed by atoms with van der Waals surface area (Å²) in [5.74, 6) is 0.576. The molecule has 2 aliphatic rings. The maximum Gasteiger partial charge on any atom is 0.223 e. The van der Waals surface area contributed by atoms with Crippen molar-refractivity contribution < 1.29 is 9.90 Å². The fourth-order valence-electron chi connectivity index (χ4n) is 2.35. The second-order valence-corrected chi connectivity index (χ2v) is 5.42. The molecule has 2 rings (SSSR count). The van der Waals surface area contributed by atoms with Crippen molar-refractivity contribution in [2.45, 2.75) is 51.2 Å². The Morgan fingerprint density at radius 3 is 2.53 bits per heavy atom. The van der Waals surface area contributed by atoms with Crippen LogP contribution in [0.4, 0.5) is 0 Å². The Labute approximate surface area is 103 Å². The molecule has 1 heterocycles. The van der Waals surface area contributed by atoms with Crippen molar-refractivity contribution in [1.29, 1.82) is 0 Å². The Kier molecular flexibility index (Phi) is 4.40. The summed E-state index contributed by atoms with van der Waals surface area (Å²) in [5.41, 5.74) is 0. The van der Waals surface area contributed by atoms with Crippen molar-refractivity contribution in [3.05, 3.63) is 0 Å². The maximum absolute atomic E-state index is 11.6. The Balaban J connectivity index is 1.65. The topological polar surface area (TPSA) is 52.6 Å². The summed E-state index contributed by atoms with van der Waals surface area (Å²) < 4.78 is 0. The van der Waals surface area contributed by atoms with E-state index in [9.17, 15) is 9.90 Å². The molecule has 1 unspecified atom stereocenters. The Morgan fingerprint density at radius 2 is 2.00 bits per heavy atom. The number of carbonyl (C=O) groups excluding carboxylic acids is 1. The molecule has 4 nitrogen and oxygen atoms in total. The van der Waals surface area contributed by atoms with Crippen LogP contribution in [0.1, 0.15) is 39.0 Å². The molecule has 2 N–H and O–H groups in total. The first-order valence-corrected chi connectivity index (χ1v) is 6.89. The van der Waals surface area contributed by atoms with E-state index in [0.29, 0.717) is 12.0 Å². The average molecular weight is 240 g/mol. The van der Waals surface area contributed by atoms with Crippen LogP contribution < -0.4 is 5.32 Å². The van der Waals surface area contributed by atoms with Crippen LogP contribution in [0.3, 0.4) is 0 Å². The number of nitrogens with zero attached hydrogens (tertiary/aromatic N) is 1. The molecule has 0 spiro atoms. The van der Waals surface area contributed by atoms with Crippen LogP contribution in [0.25, 0.3) is 0 Å². The number of aliphatic hydroxyl groups excluding tert-OH is 1. The summed E-state index contributed by atoms with van der Waals surface area (Å²) in [6, 6.07) is 0.359. The predicted molar refractivity (Wildman–Crippen MR) is 66.6 cm³/mol. The van der Waals surface area contributed by atoms with Crippen LogP contribution in [-0.4, -0.2) is 47.7 Å². The van der Waals surface area contributed by atoms with E-state index in [4.69, 9.17) is 0 Å². The number of aliphatic hydroxyl groups is 1. The summed E-state index contributed by atoms with van der Waals surface area (Å²) >= 11 is 0. The number of nitrogens with one attached hydrogen (secondary N) is 1. The Hall–Kier alpha value is -0.610. The second-order valence-electron chi connectivity index (χ2n) is 5.42. The molecule has 1 saturated heterocycles. The third-order valence-electron chi connectivity index (χ3n) is 3.82. The van der Waals surface area contributed by atoms with E-state index in [1.54, 1.807) is 0 Å². The van der Waals surface area contributed by atoms with Crippen molar-refractivity contribution in [2.24, 2.45) is 5.92 Å². The third-order valence-corrected chi connectivity index (χ3v) is 3.82. The van der Waals surface area contributed by atoms with Gasteiger partial charge in [-0.3, -0.25) is 4.79 Å². The molecule has 1 aliphatic heterocycles. The van der Waals surface area contributed by atoms with Crippen LogP contribution in [0.15, 0.2) is 0 Å². The van der Waals surface area contributed by atoms with Gasteiger partial charge in [-0.05, 0) is 32.1 Å². The van der Waals surface area contributed by atoms with Crippen LogP contribution in [0.5, 0.6) is 0 Å². The summed E-state index contributed by atoms with van der Waals surface area (Å²) in [5, 5.41) is 12.7.